The fraction of sp³-hybridized carbons (Fsp3) is 0.222. The first-order valence-corrected chi connectivity index (χ1v) is 11.6. The van der Waals surface area contributed by atoms with Gasteiger partial charge in [0.05, 0.1) is 17.5 Å². The van der Waals surface area contributed by atoms with Crippen LogP contribution in [0.1, 0.15) is 35.0 Å². The average Bonchev–Trinajstić information content (AvgIpc) is 3.17. The van der Waals surface area contributed by atoms with E-state index in [1.54, 1.807) is 18.9 Å². The van der Waals surface area contributed by atoms with Crippen molar-refractivity contribution < 1.29 is 9.53 Å². The Morgan fingerprint density at radius 1 is 1.06 bits per heavy atom. The van der Waals surface area contributed by atoms with Crippen molar-refractivity contribution in [2.45, 2.75) is 42.5 Å². The number of aromatic amines is 1. The second-order valence-electron chi connectivity index (χ2n) is 8.05. The number of fused-ring (bicyclic) bond motifs is 1. The van der Waals surface area contributed by atoms with Crippen LogP contribution in [-0.2, 0) is 6.42 Å². The van der Waals surface area contributed by atoms with Crippen LogP contribution in [0.5, 0.6) is 5.75 Å². The number of hydrogen-bond acceptors (Lipinski definition) is 3. The number of carbonyl (C=O) groups is 1. The molecule has 1 unspecified atom stereocenters. The Bertz CT molecular complexity index is 1200. The van der Waals surface area contributed by atoms with Gasteiger partial charge in [-0.3, -0.25) is 4.79 Å². The van der Waals surface area contributed by atoms with Crippen molar-refractivity contribution >= 4 is 28.6 Å². The average molecular weight is 445 g/mol. The molecule has 0 radical (unpaired) electrons. The number of methoxy groups -OCH3 is 1. The van der Waals surface area contributed by atoms with Crippen LogP contribution in [0.25, 0.3) is 10.9 Å². The van der Waals surface area contributed by atoms with E-state index in [4.69, 9.17) is 4.74 Å². The molecular formula is C27H28N2O2S. The maximum atomic E-state index is 13.3. The molecule has 0 fully saturated rings. The third-order valence-corrected chi connectivity index (χ3v) is 6.65. The Morgan fingerprint density at radius 3 is 2.53 bits per heavy atom. The van der Waals surface area contributed by atoms with Gasteiger partial charge >= 0.3 is 0 Å². The van der Waals surface area contributed by atoms with Crippen molar-refractivity contribution in [1.82, 2.24) is 10.3 Å². The van der Waals surface area contributed by atoms with Gasteiger partial charge in [0.1, 0.15) is 11.4 Å². The molecule has 0 bridgehead atoms. The lowest BCUT2D eigenvalue weighted by Gasteiger charge is -2.14. The predicted molar refractivity (Wildman–Crippen MR) is 132 cm³/mol. The van der Waals surface area contributed by atoms with Gasteiger partial charge in [-0.25, -0.2) is 0 Å². The smallest absolute Gasteiger partial charge is 0.269 e. The predicted octanol–water partition coefficient (Wildman–Crippen LogP) is 6.39. The van der Waals surface area contributed by atoms with E-state index >= 15 is 0 Å². The summed E-state index contributed by atoms with van der Waals surface area (Å²) in [7, 11) is 1.65. The number of aromatic nitrogens is 1. The lowest BCUT2D eigenvalue weighted by Crippen LogP contribution is -2.33. The van der Waals surface area contributed by atoms with Crippen LogP contribution in [0.2, 0.25) is 0 Å². The van der Waals surface area contributed by atoms with E-state index in [9.17, 15) is 4.79 Å². The Hall–Kier alpha value is -3.18. The molecule has 1 amide bonds. The molecule has 0 saturated heterocycles. The van der Waals surface area contributed by atoms with E-state index in [1.165, 1.54) is 11.1 Å². The molecule has 0 saturated carbocycles. The van der Waals surface area contributed by atoms with E-state index in [0.29, 0.717) is 5.69 Å². The quantitative estimate of drug-likeness (QED) is 0.331. The fourth-order valence-electron chi connectivity index (χ4n) is 3.66. The maximum Gasteiger partial charge on any atom is 0.269 e. The first-order chi connectivity index (χ1) is 15.5. The highest BCUT2D eigenvalue weighted by Gasteiger charge is 2.20. The van der Waals surface area contributed by atoms with Gasteiger partial charge in [-0.2, -0.15) is 0 Å². The molecule has 5 heteroatoms. The molecule has 0 spiro atoms. The Morgan fingerprint density at radius 2 is 1.81 bits per heavy atom. The minimum Gasteiger partial charge on any atom is -0.497 e. The topological polar surface area (TPSA) is 54.1 Å². The van der Waals surface area contributed by atoms with Crippen molar-refractivity contribution in [1.29, 1.82) is 0 Å². The summed E-state index contributed by atoms with van der Waals surface area (Å²) >= 11 is 1.61. The van der Waals surface area contributed by atoms with Crippen LogP contribution in [0, 0.1) is 6.92 Å². The lowest BCUT2D eigenvalue weighted by molar-refractivity contribution is 0.0931. The zero-order chi connectivity index (χ0) is 22.5. The van der Waals surface area contributed by atoms with Gasteiger partial charge in [0.15, 0.2) is 0 Å². The van der Waals surface area contributed by atoms with Crippen LogP contribution in [0.3, 0.4) is 0 Å². The number of amides is 1. The van der Waals surface area contributed by atoms with E-state index in [2.05, 4.69) is 60.5 Å². The van der Waals surface area contributed by atoms with Crippen molar-refractivity contribution in [2.24, 2.45) is 0 Å². The number of benzene rings is 3. The summed E-state index contributed by atoms with van der Waals surface area (Å²) in [6, 6.07) is 24.6. The molecule has 164 valence electrons. The molecule has 3 aromatic carbocycles. The van der Waals surface area contributed by atoms with Crippen LogP contribution in [0.4, 0.5) is 0 Å². The number of nitrogens with one attached hydrogen (secondary N) is 2. The number of aryl methyl sites for hydroxylation is 2. The van der Waals surface area contributed by atoms with Crippen molar-refractivity contribution in [2.75, 3.05) is 7.11 Å². The summed E-state index contributed by atoms with van der Waals surface area (Å²) in [6.07, 6.45) is 1.81. The molecule has 1 atom stereocenters. The zero-order valence-corrected chi connectivity index (χ0v) is 19.5. The van der Waals surface area contributed by atoms with Gasteiger partial charge in [0, 0.05) is 22.4 Å². The largest absolute Gasteiger partial charge is 0.497 e. The van der Waals surface area contributed by atoms with E-state index in [-0.39, 0.29) is 11.9 Å². The molecule has 32 heavy (non-hydrogen) atoms. The summed E-state index contributed by atoms with van der Waals surface area (Å²) in [5, 5.41) is 4.19. The maximum absolute atomic E-state index is 13.3. The highest BCUT2D eigenvalue weighted by Crippen LogP contribution is 2.38. The first-order valence-electron chi connectivity index (χ1n) is 10.8. The number of hydrogen-bond donors (Lipinski definition) is 2. The summed E-state index contributed by atoms with van der Waals surface area (Å²) in [6.45, 7) is 4.13. The molecular weight excluding hydrogens is 416 g/mol. The van der Waals surface area contributed by atoms with Crippen LogP contribution in [-0.4, -0.2) is 24.0 Å². The number of rotatable bonds is 8. The van der Waals surface area contributed by atoms with Crippen LogP contribution < -0.4 is 10.1 Å². The monoisotopic (exact) mass is 444 g/mol. The second-order valence-corrected chi connectivity index (χ2v) is 9.14. The van der Waals surface area contributed by atoms with Gasteiger partial charge < -0.3 is 15.0 Å². The number of carbonyl (C=O) groups excluding carboxylic acids is 1. The molecule has 0 aliphatic carbocycles. The molecule has 1 aromatic heterocycles. The number of ether oxygens (including phenoxy) is 1. The molecule has 1 heterocycles. The highest BCUT2D eigenvalue weighted by molar-refractivity contribution is 7.99. The summed E-state index contributed by atoms with van der Waals surface area (Å²) in [5.74, 6) is 0.671. The summed E-state index contributed by atoms with van der Waals surface area (Å²) < 4.78 is 5.37. The van der Waals surface area contributed by atoms with E-state index in [1.807, 2.05) is 36.4 Å². The van der Waals surface area contributed by atoms with Crippen molar-refractivity contribution in [3.8, 4) is 5.75 Å². The summed E-state index contributed by atoms with van der Waals surface area (Å²) in [4.78, 5) is 18.6. The summed E-state index contributed by atoms with van der Waals surface area (Å²) in [5.41, 5.74) is 3.97. The Labute approximate surface area is 193 Å². The lowest BCUT2D eigenvalue weighted by atomic mass is 10.1. The number of H-pyrrole nitrogens is 1. The Balaban J connectivity index is 1.57. The van der Waals surface area contributed by atoms with Gasteiger partial charge in [0.25, 0.3) is 5.91 Å². The van der Waals surface area contributed by atoms with Gasteiger partial charge in [0.2, 0.25) is 0 Å². The molecule has 4 nitrogen and oxygen atoms in total. The van der Waals surface area contributed by atoms with Crippen LogP contribution >= 0.6 is 11.8 Å². The highest BCUT2D eigenvalue weighted by atomic mass is 32.2. The Kier molecular flexibility index (Phi) is 6.86. The second kappa shape index (κ2) is 9.96. The molecule has 0 aliphatic heterocycles. The standard InChI is InChI=1S/C27H28N2O2S/c1-18-9-14-22(15-10-18)32-26-23-16-13-21(31-3)17-24(23)29-25(26)27(30)28-19(2)11-12-20-7-5-4-6-8-20/h4-10,13-17,19,29H,11-12H2,1-3H3,(H,28,30). The van der Waals surface area contributed by atoms with Gasteiger partial charge in [-0.15, -0.1) is 0 Å². The third kappa shape index (κ3) is 5.17. The molecule has 0 aliphatic rings. The third-order valence-electron chi connectivity index (χ3n) is 5.51. The SMILES string of the molecule is COc1ccc2c(Sc3ccc(C)cc3)c(C(=O)NC(C)CCc3ccccc3)[nH]c2c1. The van der Waals surface area contributed by atoms with Crippen LogP contribution in [0.15, 0.2) is 82.6 Å². The van der Waals surface area contributed by atoms with Gasteiger partial charge in [-0.05, 0) is 56.5 Å². The van der Waals surface area contributed by atoms with Crippen molar-refractivity contribution in [3.63, 3.8) is 0 Å². The van der Waals surface area contributed by atoms with E-state index < -0.39 is 0 Å². The zero-order valence-electron chi connectivity index (χ0n) is 18.6. The minimum absolute atomic E-state index is 0.0564. The molecule has 2 N–H and O–H groups in total. The first kappa shape index (κ1) is 22.0. The van der Waals surface area contributed by atoms with Gasteiger partial charge in [-0.1, -0.05) is 59.8 Å². The van der Waals surface area contributed by atoms with E-state index in [0.717, 1.165) is 39.3 Å². The molecule has 4 aromatic rings. The van der Waals surface area contributed by atoms with Crippen molar-refractivity contribution in [3.05, 3.63) is 89.6 Å². The molecule has 4 rings (SSSR count). The normalized spacial score (nSPS) is 12.0. The minimum atomic E-state index is -0.0876. The fourth-order valence-corrected chi connectivity index (χ4v) is 4.71.